The van der Waals surface area contributed by atoms with Crippen LogP contribution in [0.25, 0.3) is 0 Å². The van der Waals surface area contributed by atoms with Crippen molar-refractivity contribution in [1.29, 1.82) is 0 Å². The third-order valence-corrected chi connectivity index (χ3v) is 2.48. The molecule has 0 unspecified atom stereocenters. The number of hydrogen-bond donors (Lipinski definition) is 0. The molecule has 64 valence electrons. The summed E-state index contributed by atoms with van der Waals surface area (Å²) in [4.78, 5) is 4.03. The first-order chi connectivity index (χ1) is 5.77. The second-order valence-electron chi connectivity index (χ2n) is 2.73. The predicted octanol–water partition coefficient (Wildman–Crippen LogP) is 3.04. The zero-order chi connectivity index (χ0) is 8.55. The van der Waals surface area contributed by atoms with E-state index in [1.54, 1.807) is 12.3 Å². The van der Waals surface area contributed by atoms with Crippen molar-refractivity contribution in [3.8, 4) is 5.75 Å². The van der Waals surface area contributed by atoms with Gasteiger partial charge in [-0.3, -0.25) is 0 Å². The predicted molar refractivity (Wildman–Crippen MR) is 50.6 cm³/mol. The summed E-state index contributed by atoms with van der Waals surface area (Å²) in [6.45, 7) is 0. The van der Waals surface area contributed by atoms with Crippen LogP contribution in [-0.4, -0.2) is 11.1 Å². The van der Waals surface area contributed by atoms with E-state index in [0.717, 1.165) is 12.8 Å². The molecule has 1 aromatic heterocycles. The minimum atomic E-state index is 0.350. The molecule has 0 N–H and O–H groups in total. The van der Waals surface area contributed by atoms with Crippen LogP contribution >= 0.6 is 27.5 Å². The topological polar surface area (TPSA) is 22.1 Å². The largest absolute Gasteiger partial charge is 0.486 e. The molecule has 0 spiro atoms. The molecule has 1 aromatic rings. The summed E-state index contributed by atoms with van der Waals surface area (Å²) in [6, 6.07) is 1.73. The molecule has 2 nitrogen and oxygen atoms in total. The molecule has 0 aromatic carbocycles. The van der Waals surface area contributed by atoms with Gasteiger partial charge in [0.2, 0.25) is 0 Å². The molecule has 1 aliphatic carbocycles. The van der Waals surface area contributed by atoms with Gasteiger partial charge in [-0.2, -0.15) is 0 Å². The summed E-state index contributed by atoms with van der Waals surface area (Å²) in [5.41, 5.74) is 0. The highest BCUT2D eigenvalue weighted by atomic mass is 79.9. The number of ether oxygens (including phenoxy) is 1. The molecule has 1 saturated carbocycles. The van der Waals surface area contributed by atoms with Gasteiger partial charge in [0, 0.05) is 6.20 Å². The molecular formula is C8H7BrClNO. The molecule has 2 rings (SSSR count). The monoisotopic (exact) mass is 247 g/mol. The fourth-order valence-corrected chi connectivity index (χ4v) is 1.59. The van der Waals surface area contributed by atoms with Crippen LogP contribution in [-0.2, 0) is 0 Å². The van der Waals surface area contributed by atoms with Crippen molar-refractivity contribution >= 4 is 27.5 Å². The molecule has 12 heavy (non-hydrogen) atoms. The Bertz CT molecular complexity index is 281. The Kier molecular flexibility index (Phi) is 2.24. The minimum Gasteiger partial charge on any atom is -0.486 e. The molecule has 1 fully saturated rings. The summed E-state index contributed by atoms with van der Waals surface area (Å²) < 4.78 is 6.23. The van der Waals surface area contributed by atoms with Gasteiger partial charge in [-0.25, -0.2) is 4.98 Å². The zero-order valence-corrected chi connectivity index (χ0v) is 8.60. The lowest BCUT2D eigenvalue weighted by atomic mass is 10.4. The fourth-order valence-electron chi connectivity index (χ4n) is 0.858. The second kappa shape index (κ2) is 3.23. The number of halogens is 2. The first kappa shape index (κ1) is 8.32. The molecule has 0 saturated heterocycles. The van der Waals surface area contributed by atoms with Gasteiger partial charge in [-0.05, 0) is 34.8 Å². The lowest BCUT2D eigenvalue weighted by Gasteiger charge is -2.06. The van der Waals surface area contributed by atoms with Gasteiger partial charge < -0.3 is 4.74 Å². The van der Waals surface area contributed by atoms with Gasteiger partial charge >= 0.3 is 0 Å². The highest BCUT2D eigenvalue weighted by Gasteiger charge is 2.25. The quantitative estimate of drug-likeness (QED) is 0.751. The molecule has 0 amide bonds. The smallest absolute Gasteiger partial charge is 0.171 e. The van der Waals surface area contributed by atoms with E-state index < -0.39 is 0 Å². The summed E-state index contributed by atoms with van der Waals surface area (Å²) in [7, 11) is 0. The van der Waals surface area contributed by atoms with E-state index in [2.05, 4.69) is 20.9 Å². The van der Waals surface area contributed by atoms with E-state index in [9.17, 15) is 0 Å². The first-order valence-corrected chi connectivity index (χ1v) is 4.91. The average molecular weight is 249 g/mol. The average Bonchev–Trinajstić information content (AvgIpc) is 2.80. The van der Waals surface area contributed by atoms with Gasteiger partial charge in [-0.1, -0.05) is 11.6 Å². The summed E-state index contributed by atoms with van der Waals surface area (Å²) in [5, 5.41) is 0.615. The second-order valence-corrected chi connectivity index (χ2v) is 3.89. The molecule has 4 heteroatoms. The maximum absolute atomic E-state index is 5.91. The van der Waals surface area contributed by atoms with Crippen molar-refractivity contribution in [2.24, 2.45) is 0 Å². The number of rotatable bonds is 2. The highest BCUT2D eigenvalue weighted by Crippen LogP contribution is 2.35. The SMILES string of the molecule is Clc1ccnc(Br)c1OC1CC1. The van der Waals surface area contributed by atoms with Crippen LogP contribution in [0.4, 0.5) is 0 Å². The van der Waals surface area contributed by atoms with E-state index in [-0.39, 0.29) is 0 Å². The normalized spacial score (nSPS) is 16.2. The van der Waals surface area contributed by atoms with Gasteiger partial charge in [0.1, 0.15) is 4.60 Å². The van der Waals surface area contributed by atoms with Crippen LogP contribution < -0.4 is 4.74 Å². The van der Waals surface area contributed by atoms with Crippen LogP contribution in [0.3, 0.4) is 0 Å². The van der Waals surface area contributed by atoms with Crippen molar-refractivity contribution in [1.82, 2.24) is 4.98 Å². The number of pyridine rings is 1. The lowest BCUT2D eigenvalue weighted by Crippen LogP contribution is -1.98. The van der Waals surface area contributed by atoms with E-state index >= 15 is 0 Å². The maximum Gasteiger partial charge on any atom is 0.171 e. The van der Waals surface area contributed by atoms with Crippen LogP contribution in [0.15, 0.2) is 16.9 Å². The molecule has 1 heterocycles. The van der Waals surface area contributed by atoms with Crippen molar-refractivity contribution in [2.45, 2.75) is 18.9 Å². The van der Waals surface area contributed by atoms with Crippen molar-refractivity contribution < 1.29 is 4.74 Å². The Morgan fingerprint density at radius 2 is 2.33 bits per heavy atom. The van der Waals surface area contributed by atoms with E-state index in [1.807, 2.05) is 0 Å². The molecule has 0 atom stereocenters. The van der Waals surface area contributed by atoms with Crippen LogP contribution in [0, 0.1) is 0 Å². The van der Waals surface area contributed by atoms with Gasteiger partial charge in [0.25, 0.3) is 0 Å². The Labute approximate surface area is 84.0 Å². The standard InChI is InChI=1S/C8H7BrClNO/c9-8-7(12-5-1-2-5)6(10)3-4-11-8/h3-5H,1-2H2. The molecule has 0 radical (unpaired) electrons. The van der Waals surface area contributed by atoms with Crippen molar-refractivity contribution in [3.63, 3.8) is 0 Å². The highest BCUT2D eigenvalue weighted by molar-refractivity contribution is 9.10. The van der Waals surface area contributed by atoms with Crippen molar-refractivity contribution in [2.75, 3.05) is 0 Å². The molecule has 0 bridgehead atoms. The Hall–Kier alpha value is -0.280. The zero-order valence-electron chi connectivity index (χ0n) is 6.26. The molecular weight excluding hydrogens is 241 g/mol. The first-order valence-electron chi connectivity index (χ1n) is 3.74. The third kappa shape index (κ3) is 1.72. The summed E-state index contributed by atoms with van der Waals surface area (Å²) in [6.07, 6.45) is 4.24. The van der Waals surface area contributed by atoms with E-state index in [0.29, 0.717) is 21.5 Å². The van der Waals surface area contributed by atoms with E-state index in [1.165, 1.54) is 0 Å². The van der Waals surface area contributed by atoms with Gasteiger partial charge in [0.05, 0.1) is 11.1 Å². The number of aromatic nitrogens is 1. The minimum absolute atomic E-state index is 0.350. The molecule has 0 aliphatic heterocycles. The van der Waals surface area contributed by atoms with Crippen LogP contribution in [0.1, 0.15) is 12.8 Å². The Morgan fingerprint density at radius 3 is 2.92 bits per heavy atom. The number of hydrogen-bond acceptors (Lipinski definition) is 2. The Morgan fingerprint density at radius 1 is 1.58 bits per heavy atom. The lowest BCUT2D eigenvalue weighted by molar-refractivity contribution is 0.300. The summed E-state index contributed by atoms with van der Waals surface area (Å²) in [5.74, 6) is 0.668. The number of nitrogens with zero attached hydrogens (tertiary/aromatic N) is 1. The Balaban J connectivity index is 2.26. The summed E-state index contributed by atoms with van der Waals surface area (Å²) >= 11 is 9.19. The van der Waals surface area contributed by atoms with Crippen LogP contribution in [0.5, 0.6) is 5.75 Å². The van der Waals surface area contributed by atoms with Crippen molar-refractivity contribution in [3.05, 3.63) is 21.9 Å². The van der Waals surface area contributed by atoms with Gasteiger partial charge in [0.15, 0.2) is 5.75 Å². The third-order valence-electron chi connectivity index (χ3n) is 1.62. The maximum atomic E-state index is 5.91. The van der Waals surface area contributed by atoms with E-state index in [4.69, 9.17) is 16.3 Å². The fraction of sp³-hybridized carbons (Fsp3) is 0.375. The van der Waals surface area contributed by atoms with Gasteiger partial charge in [-0.15, -0.1) is 0 Å². The van der Waals surface area contributed by atoms with Crippen LogP contribution in [0.2, 0.25) is 5.02 Å². The molecule has 1 aliphatic rings.